The Balaban J connectivity index is 1.23. The maximum atomic E-state index is 10.9. The highest BCUT2D eigenvalue weighted by molar-refractivity contribution is 5.84. The molecule has 1 saturated heterocycles. The van der Waals surface area contributed by atoms with Gasteiger partial charge in [0.2, 0.25) is 5.76 Å². The molecule has 1 aliphatic heterocycles. The van der Waals surface area contributed by atoms with Crippen LogP contribution >= 0.6 is 0 Å². The van der Waals surface area contributed by atoms with Crippen LogP contribution in [0.4, 0.5) is 5.82 Å². The number of hydrogen-bond acceptors (Lipinski definition) is 10. The smallest absolute Gasteiger partial charge is 0.374 e. The second-order valence-electron chi connectivity index (χ2n) is 7.35. The molecule has 5 rings (SSSR count). The number of imidazole rings is 1. The number of furan rings is 1. The monoisotopic (exact) mass is 440 g/mol. The van der Waals surface area contributed by atoms with Crippen LogP contribution in [0, 0.1) is 6.92 Å². The van der Waals surface area contributed by atoms with E-state index >= 15 is 0 Å². The summed E-state index contributed by atoms with van der Waals surface area (Å²) >= 11 is 0. The third-order valence-corrected chi connectivity index (χ3v) is 5.10. The van der Waals surface area contributed by atoms with E-state index in [2.05, 4.69) is 29.9 Å². The highest BCUT2D eigenvalue weighted by Gasteiger charge is 2.29. The van der Waals surface area contributed by atoms with Crippen molar-refractivity contribution in [1.82, 2.24) is 24.7 Å². The summed E-state index contributed by atoms with van der Waals surface area (Å²) in [5.41, 5.74) is 1.30. The number of carbonyl (C=O) groups is 1. The zero-order valence-corrected chi connectivity index (χ0v) is 17.1. The molecule has 2 N–H and O–H groups in total. The molecular weight excluding hydrogens is 420 g/mol. The number of hydrogen-bond donors (Lipinski definition) is 2. The van der Waals surface area contributed by atoms with Gasteiger partial charge in [0.05, 0.1) is 25.0 Å². The number of carboxylic acid groups (broad SMARTS) is 1. The van der Waals surface area contributed by atoms with Gasteiger partial charge in [-0.15, -0.1) is 0 Å². The van der Waals surface area contributed by atoms with Gasteiger partial charge in [0.15, 0.2) is 17.0 Å². The molecular formula is C20H20N6O6. The first-order chi connectivity index (χ1) is 15.6. The van der Waals surface area contributed by atoms with E-state index in [1.54, 1.807) is 6.33 Å². The fourth-order valence-corrected chi connectivity index (χ4v) is 3.56. The molecule has 0 radical (unpaired) electrons. The predicted molar refractivity (Wildman–Crippen MR) is 108 cm³/mol. The lowest BCUT2D eigenvalue weighted by Crippen LogP contribution is -2.18. The number of fused-ring (bicyclic) bond motifs is 1. The summed E-state index contributed by atoms with van der Waals surface area (Å²) in [6.45, 7) is 2.60. The molecule has 5 heterocycles. The van der Waals surface area contributed by atoms with Crippen LogP contribution in [-0.4, -0.2) is 48.5 Å². The van der Waals surface area contributed by atoms with Crippen LogP contribution in [0.15, 0.2) is 39.8 Å². The van der Waals surface area contributed by atoms with E-state index in [4.69, 9.17) is 19.0 Å². The lowest BCUT2D eigenvalue weighted by Gasteiger charge is -2.15. The van der Waals surface area contributed by atoms with Gasteiger partial charge in [-0.1, -0.05) is 0 Å². The maximum Gasteiger partial charge on any atom is 0.374 e. The number of aromatic nitrogens is 5. The van der Waals surface area contributed by atoms with E-state index in [0.29, 0.717) is 23.5 Å². The largest absolute Gasteiger partial charge is 0.475 e. The minimum absolute atomic E-state index is 0.109. The molecule has 4 aromatic heterocycles. The Bertz CT molecular complexity index is 1250. The van der Waals surface area contributed by atoms with Crippen LogP contribution in [0.2, 0.25) is 0 Å². The van der Waals surface area contributed by atoms with E-state index in [0.717, 1.165) is 24.4 Å². The number of aryl methyl sites for hydroxylation is 1. The molecule has 1 aliphatic rings. The van der Waals surface area contributed by atoms with Gasteiger partial charge in [-0.3, -0.25) is 4.57 Å². The third-order valence-electron chi connectivity index (χ3n) is 5.10. The zero-order chi connectivity index (χ0) is 22.1. The highest BCUT2D eigenvalue weighted by atomic mass is 16.6. The van der Waals surface area contributed by atoms with Crippen molar-refractivity contribution in [1.29, 1.82) is 0 Å². The van der Waals surface area contributed by atoms with E-state index in [1.807, 2.05) is 23.6 Å². The number of anilines is 1. The molecule has 1 fully saturated rings. The molecule has 0 aromatic carbocycles. The van der Waals surface area contributed by atoms with Crippen LogP contribution in [-0.2, 0) is 11.3 Å². The minimum Gasteiger partial charge on any atom is -0.475 e. The molecule has 32 heavy (non-hydrogen) atoms. The molecule has 12 heteroatoms. The van der Waals surface area contributed by atoms with Crippen molar-refractivity contribution in [3.8, 4) is 5.88 Å². The molecule has 12 nitrogen and oxygen atoms in total. The van der Waals surface area contributed by atoms with Gasteiger partial charge >= 0.3 is 5.97 Å². The van der Waals surface area contributed by atoms with Crippen molar-refractivity contribution in [2.24, 2.45) is 0 Å². The number of carboxylic acids is 1. The predicted octanol–water partition coefficient (Wildman–Crippen LogP) is 2.78. The van der Waals surface area contributed by atoms with Gasteiger partial charge in [-0.05, 0) is 37.1 Å². The Hall–Kier alpha value is -3.93. The van der Waals surface area contributed by atoms with Crippen molar-refractivity contribution < 1.29 is 28.3 Å². The number of nitrogens with one attached hydrogen (secondary N) is 1. The number of ether oxygens (including phenoxy) is 2. The fraction of sp³-hybridized carbons (Fsp3) is 0.350. The zero-order valence-electron chi connectivity index (χ0n) is 17.1. The maximum absolute atomic E-state index is 10.9. The molecule has 0 spiro atoms. The molecule has 166 valence electrons. The topological polar surface area (TPSA) is 151 Å². The van der Waals surface area contributed by atoms with Gasteiger partial charge in [0, 0.05) is 0 Å². The third kappa shape index (κ3) is 3.99. The van der Waals surface area contributed by atoms with E-state index in [9.17, 15) is 4.79 Å². The molecule has 0 aliphatic carbocycles. The van der Waals surface area contributed by atoms with Crippen LogP contribution < -0.4 is 10.1 Å². The minimum atomic E-state index is -1.20. The van der Waals surface area contributed by atoms with Crippen LogP contribution in [0.5, 0.6) is 5.88 Å². The molecule has 2 unspecified atom stereocenters. The van der Waals surface area contributed by atoms with Crippen LogP contribution in [0.1, 0.15) is 41.1 Å². The Kier molecular flexibility index (Phi) is 5.19. The second kappa shape index (κ2) is 8.30. The van der Waals surface area contributed by atoms with Crippen LogP contribution in [0.3, 0.4) is 0 Å². The van der Waals surface area contributed by atoms with Crippen molar-refractivity contribution in [3.63, 3.8) is 0 Å². The SMILES string of the molecule is Cc1ccc(CNc2ncnc3c2ncn3C2CCC(COc3cc(C(=O)O)on3)O2)o1. The lowest BCUT2D eigenvalue weighted by atomic mass is 10.2. The quantitative estimate of drug-likeness (QED) is 0.416. The Morgan fingerprint density at radius 2 is 2.22 bits per heavy atom. The summed E-state index contributed by atoms with van der Waals surface area (Å²) in [5.74, 6) is 0.895. The standard InChI is InChI=1S/C20H20N6O6/c1-11-2-3-12(30-11)7-21-18-17-19(23-9-22-18)26(10-24-17)16-5-4-13(31-16)8-29-15-6-14(20(27)28)32-25-15/h2-3,6,9-10,13,16H,4-5,7-8H2,1H3,(H,27,28)(H,21,22,23). The lowest BCUT2D eigenvalue weighted by molar-refractivity contribution is -0.0169. The Labute approximate surface area is 181 Å². The van der Waals surface area contributed by atoms with Crippen molar-refractivity contribution in [2.45, 2.75) is 38.6 Å². The van der Waals surface area contributed by atoms with Gasteiger partial charge < -0.3 is 28.8 Å². The Morgan fingerprint density at radius 3 is 3.00 bits per heavy atom. The van der Waals surface area contributed by atoms with Crippen molar-refractivity contribution >= 4 is 23.0 Å². The van der Waals surface area contributed by atoms with Gasteiger partial charge in [0.1, 0.15) is 30.7 Å². The molecule has 0 amide bonds. The van der Waals surface area contributed by atoms with Crippen molar-refractivity contribution in [3.05, 3.63) is 48.1 Å². The first-order valence-electron chi connectivity index (χ1n) is 10.0. The molecule has 0 saturated carbocycles. The van der Waals surface area contributed by atoms with Gasteiger partial charge in [-0.25, -0.2) is 19.7 Å². The molecule has 4 aromatic rings. The molecule has 0 bridgehead atoms. The first-order valence-corrected chi connectivity index (χ1v) is 10.0. The first kappa shape index (κ1) is 20.0. The van der Waals surface area contributed by atoms with Gasteiger partial charge in [-0.2, -0.15) is 0 Å². The average Bonchev–Trinajstić information content (AvgIpc) is 3.56. The summed E-state index contributed by atoms with van der Waals surface area (Å²) in [6, 6.07) is 5.05. The van der Waals surface area contributed by atoms with Gasteiger partial charge in [0.25, 0.3) is 5.88 Å². The average molecular weight is 440 g/mol. The fourth-order valence-electron chi connectivity index (χ4n) is 3.56. The normalized spacial score (nSPS) is 18.3. The summed E-state index contributed by atoms with van der Waals surface area (Å²) in [5, 5.41) is 15.7. The summed E-state index contributed by atoms with van der Waals surface area (Å²) in [4.78, 5) is 24.0. The number of rotatable bonds is 8. The van der Waals surface area contributed by atoms with E-state index < -0.39 is 5.97 Å². The van der Waals surface area contributed by atoms with E-state index in [1.165, 1.54) is 12.4 Å². The summed E-state index contributed by atoms with van der Waals surface area (Å²) in [7, 11) is 0. The molecule has 2 atom stereocenters. The summed E-state index contributed by atoms with van der Waals surface area (Å²) < 4.78 is 23.7. The van der Waals surface area contributed by atoms with Crippen molar-refractivity contribution in [2.75, 3.05) is 11.9 Å². The highest BCUT2D eigenvalue weighted by Crippen LogP contribution is 2.31. The Morgan fingerprint density at radius 1 is 1.31 bits per heavy atom. The second-order valence-corrected chi connectivity index (χ2v) is 7.35. The van der Waals surface area contributed by atoms with E-state index in [-0.39, 0.29) is 30.6 Å². The summed E-state index contributed by atoms with van der Waals surface area (Å²) in [6.07, 6.45) is 4.22. The number of aromatic carboxylic acids is 1. The van der Waals surface area contributed by atoms with Crippen LogP contribution in [0.25, 0.3) is 11.2 Å². The number of nitrogens with zero attached hydrogens (tertiary/aromatic N) is 5.